The van der Waals surface area contributed by atoms with Crippen LogP contribution in [-0.4, -0.2) is 30.7 Å². The Morgan fingerprint density at radius 3 is 2.67 bits per heavy atom. The third kappa shape index (κ3) is 4.11. The number of benzene rings is 2. The summed E-state index contributed by atoms with van der Waals surface area (Å²) in [6.07, 6.45) is 0. The lowest BCUT2D eigenvalue weighted by Crippen LogP contribution is -2.30. The quantitative estimate of drug-likeness (QED) is 0.619. The number of nitro benzene ring substituents is 1. The van der Waals surface area contributed by atoms with Crippen molar-refractivity contribution >= 4 is 17.3 Å². The van der Waals surface area contributed by atoms with Crippen molar-refractivity contribution in [3.8, 4) is 11.5 Å². The number of nitrogens with zero attached hydrogens (tertiary/aromatic N) is 2. The molecule has 1 heterocycles. The molecule has 0 radical (unpaired) electrons. The van der Waals surface area contributed by atoms with E-state index >= 15 is 0 Å². The summed E-state index contributed by atoms with van der Waals surface area (Å²) >= 11 is 0. The van der Waals surface area contributed by atoms with E-state index in [1.54, 1.807) is 24.1 Å². The highest BCUT2D eigenvalue weighted by atomic mass is 16.7. The van der Waals surface area contributed by atoms with Crippen molar-refractivity contribution in [1.82, 2.24) is 5.32 Å². The number of hydrogen-bond acceptors (Lipinski definition) is 6. The average molecular weight is 371 g/mol. The lowest BCUT2D eigenvalue weighted by atomic mass is 10.1. The van der Waals surface area contributed by atoms with E-state index in [4.69, 9.17) is 9.47 Å². The smallest absolute Gasteiger partial charge is 0.293 e. The molecule has 0 saturated carbocycles. The highest BCUT2D eigenvalue weighted by molar-refractivity contribution is 5.95. The van der Waals surface area contributed by atoms with Gasteiger partial charge in [0.2, 0.25) is 6.79 Å². The maximum Gasteiger partial charge on any atom is 0.293 e. The molecule has 1 N–H and O–H groups in total. The van der Waals surface area contributed by atoms with Gasteiger partial charge < -0.3 is 19.7 Å². The summed E-state index contributed by atoms with van der Waals surface area (Å²) in [5.41, 5.74) is 1.50. The van der Waals surface area contributed by atoms with Crippen molar-refractivity contribution in [2.45, 2.75) is 26.4 Å². The van der Waals surface area contributed by atoms with E-state index < -0.39 is 4.92 Å². The van der Waals surface area contributed by atoms with Crippen LogP contribution in [0.4, 0.5) is 11.4 Å². The van der Waals surface area contributed by atoms with Crippen molar-refractivity contribution in [2.75, 3.05) is 18.7 Å². The predicted octanol–water partition coefficient (Wildman–Crippen LogP) is 3.10. The van der Waals surface area contributed by atoms with Crippen LogP contribution >= 0.6 is 0 Å². The molecule has 0 fully saturated rings. The molecule has 1 amide bonds. The molecule has 0 spiro atoms. The zero-order valence-electron chi connectivity index (χ0n) is 15.4. The van der Waals surface area contributed by atoms with Crippen LogP contribution in [-0.2, 0) is 6.54 Å². The van der Waals surface area contributed by atoms with E-state index in [1.165, 1.54) is 6.07 Å². The second kappa shape index (κ2) is 7.53. The normalized spacial score (nSPS) is 12.1. The van der Waals surface area contributed by atoms with Crippen molar-refractivity contribution in [3.63, 3.8) is 0 Å². The molecular weight excluding hydrogens is 350 g/mol. The Morgan fingerprint density at radius 2 is 1.96 bits per heavy atom. The molecule has 27 heavy (non-hydrogen) atoms. The first-order valence-electron chi connectivity index (χ1n) is 8.54. The van der Waals surface area contributed by atoms with E-state index in [-0.39, 0.29) is 30.0 Å². The third-order valence-corrected chi connectivity index (χ3v) is 4.12. The minimum Gasteiger partial charge on any atom is -0.454 e. The molecule has 8 heteroatoms. The van der Waals surface area contributed by atoms with Gasteiger partial charge in [-0.2, -0.15) is 0 Å². The summed E-state index contributed by atoms with van der Waals surface area (Å²) in [7, 11) is 1.76. The first-order chi connectivity index (χ1) is 12.8. The van der Waals surface area contributed by atoms with Gasteiger partial charge in [0.25, 0.3) is 11.6 Å². The van der Waals surface area contributed by atoms with Gasteiger partial charge in [-0.25, -0.2) is 0 Å². The maximum atomic E-state index is 12.1. The summed E-state index contributed by atoms with van der Waals surface area (Å²) in [5.74, 6) is 1.02. The number of nitrogens with one attached hydrogen (secondary N) is 1. The fourth-order valence-electron chi connectivity index (χ4n) is 2.88. The van der Waals surface area contributed by atoms with E-state index in [0.29, 0.717) is 23.7 Å². The molecule has 8 nitrogen and oxygen atoms in total. The van der Waals surface area contributed by atoms with Crippen LogP contribution in [0.3, 0.4) is 0 Å². The number of anilines is 1. The molecule has 0 aliphatic carbocycles. The van der Waals surface area contributed by atoms with Crippen molar-refractivity contribution in [2.24, 2.45) is 0 Å². The van der Waals surface area contributed by atoms with Gasteiger partial charge in [0.1, 0.15) is 5.69 Å². The van der Waals surface area contributed by atoms with Crippen LogP contribution < -0.4 is 19.7 Å². The van der Waals surface area contributed by atoms with E-state index in [1.807, 2.05) is 32.0 Å². The van der Waals surface area contributed by atoms with E-state index in [2.05, 4.69) is 5.32 Å². The van der Waals surface area contributed by atoms with Gasteiger partial charge in [0, 0.05) is 31.3 Å². The summed E-state index contributed by atoms with van der Waals surface area (Å²) in [6.45, 7) is 4.30. The summed E-state index contributed by atoms with van der Waals surface area (Å²) in [5, 5.41) is 14.3. The van der Waals surface area contributed by atoms with Gasteiger partial charge in [0.05, 0.1) is 4.92 Å². The average Bonchev–Trinajstić information content (AvgIpc) is 3.08. The highest BCUT2D eigenvalue weighted by Gasteiger charge is 2.21. The minimum atomic E-state index is -0.475. The lowest BCUT2D eigenvalue weighted by Gasteiger charge is -2.20. The number of nitro groups is 1. The van der Waals surface area contributed by atoms with E-state index in [0.717, 1.165) is 5.56 Å². The van der Waals surface area contributed by atoms with Crippen molar-refractivity contribution in [3.05, 3.63) is 57.6 Å². The fraction of sp³-hybridized carbons (Fsp3) is 0.316. The van der Waals surface area contributed by atoms with Crippen LogP contribution in [0.1, 0.15) is 29.8 Å². The van der Waals surface area contributed by atoms with Gasteiger partial charge in [-0.05, 0) is 43.7 Å². The van der Waals surface area contributed by atoms with Crippen LogP contribution in [0.25, 0.3) is 0 Å². The molecule has 0 atom stereocenters. The predicted molar refractivity (Wildman–Crippen MR) is 100 cm³/mol. The standard InChI is InChI=1S/C19H21N3O5/c1-12(2)20-19(23)14-5-6-15(16(9-14)22(24)25)21(3)10-13-4-7-17-18(8-13)27-11-26-17/h4-9,12H,10-11H2,1-3H3,(H,20,23). The molecule has 142 valence electrons. The molecule has 0 saturated heterocycles. The maximum absolute atomic E-state index is 12.1. The zero-order valence-corrected chi connectivity index (χ0v) is 15.4. The Hall–Kier alpha value is -3.29. The van der Waals surface area contributed by atoms with Gasteiger partial charge in [0.15, 0.2) is 11.5 Å². The van der Waals surface area contributed by atoms with Gasteiger partial charge in [-0.1, -0.05) is 6.07 Å². The highest BCUT2D eigenvalue weighted by Crippen LogP contribution is 2.34. The lowest BCUT2D eigenvalue weighted by molar-refractivity contribution is -0.384. The largest absolute Gasteiger partial charge is 0.454 e. The number of carbonyl (C=O) groups excluding carboxylic acids is 1. The number of amides is 1. The van der Waals surface area contributed by atoms with Crippen LogP contribution in [0.2, 0.25) is 0 Å². The second-order valence-corrected chi connectivity index (χ2v) is 6.63. The summed E-state index contributed by atoms with van der Waals surface area (Å²) in [6, 6.07) is 10.0. The number of fused-ring (bicyclic) bond motifs is 1. The Labute approximate surface area is 156 Å². The molecule has 3 rings (SSSR count). The summed E-state index contributed by atoms with van der Waals surface area (Å²) in [4.78, 5) is 25.0. The van der Waals surface area contributed by atoms with Crippen LogP contribution in [0, 0.1) is 10.1 Å². The van der Waals surface area contributed by atoms with Crippen LogP contribution in [0.5, 0.6) is 11.5 Å². The number of ether oxygens (including phenoxy) is 2. The molecule has 2 aromatic rings. The molecule has 1 aliphatic rings. The Kier molecular flexibility index (Phi) is 5.16. The molecule has 0 bridgehead atoms. The minimum absolute atomic E-state index is 0.0510. The fourth-order valence-corrected chi connectivity index (χ4v) is 2.88. The first kappa shape index (κ1) is 18.5. The Bertz CT molecular complexity index is 882. The topological polar surface area (TPSA) is 93.9 Å². The van der Waals surface area contributed by atoms with E-state index in [9.17, 15) is 14.9 Å². The van der Waals surface area contributed by atoms with Crippen molar-refractivity contribution < 1.29 is 19.2 Å². The third-order valence-electron chi connectivity index (χ3n) is 4.12. The van der Waals surface area contributed by atoms with Gasteiger partial charge in [-0.15, -0.1) is 0 Å². The van der Waals surface area contributed by atoms with Crippen LogP contribution in [0.15, 0.2) is 36.4 Å². The number of carbonyl (C=O) groups is 1. The van der Waals surface area contributed by atoms with Gasteiger partial charge in [-0.3, -0.25) is 14.9 Å². The molecule has 2 aromatic carbocycles. The number of hydrogen-bond donors (Lipinski definition) is 1. The Morgan fingerprint density at radius 1 is 1.22 bits per heavy atom. The first-order valence-corrected chi connectivity index (χ1v) is 8.54. The van der Waals surface area contributed by atoms with Crippen molar-refractivity contribution in [1.29, 1.82) is 0 Å². The molecule has 1 aliphatic heterocycles. The Balaban J connectivity index is 1.84. The molecule has 0 unspecified atom stereocenters. The summed E-state index contributed by atoms with van der Waals surface area (Å²) < 4.78 is 10.7. The monoisotopic (exact) mass is 371 g/mol. The second-order valence-electron chi connectivity index (χ2n) is 6.63. The molecular formula is C19H21N3O5. The SMILES string of the molecule is CC(C)NC(=O)c1ccc(N(C)Cc2ccc3c(c2)OCO3)c([N+](=O)[O-])c1. The zero-order chi connectivity index (χ0) is 19.6. The van der Waals surface area contributed by atoms with Gasteiger partial charge >= 0.3 is 0 Å². The molecule has 0 aromatic heterocycles. The number of rotatable bonds is 6.